The summed E-state index contributed by atoms with van der Waals surface area (Å²) >= 11 is 0. The third-order valence-corrected chi connectivity index (χ3v) is 6.41. The Morgan fingerprint density at radius 2 is 1.96 bits per heavy atom. The van der Waals surface area contributed by atoms with Gasteiger partial charge in [-0.3, -0.25) is 4.68 Å². The maximum atomic E-state index is 13.1. The second-order valence-corrected chi connectivity index (χ2v) is 8.35. The molecule has 0 bridgehead atoms. The van der Waals surface area contributed by atoms with Gasteiger partial charge in [0.15, 0.2) is 0 Å². The molecule has 1 aromatic carbocycles. The summed E-state index contributed by atoms with van der Waals surface area (Å²) in [4.78, 5) is 0.317. The average Bonchev–Trinajstić information content (AvgIpc) is 3.20. The summed E-state index contributed by atoms with van der Waals surface area (Å²) in [5.41, 5.74) is 2.61. The smallest absolute Gasteiger partial charge is 0.243 e. The zero-order valence-corrected chi connectivity index (χ0v) is 15.3. The van der Waals surface area contributed by atoms with Gasteiger partial charge in [-0.2, -0.15) is 9.40 Å². The van der Waals surface area contributed by atoms with E-state index in [2.05, 4.69) is 15.4 Å². The normalized spacial score (nSPS) is 15.6. The zero-order chi connectivity index (χ0) is 18.1. The van der Waals surface area contributed by atoms with E-state index in [-0.39, 0.29) is 6.54 Å². The highest BCUT2D eigenvalue weighted by Gasteiger charge is 2.29. The molecule has 0 amide bonds. The van der Waals surface area contributed by atoms with E-state index in [1.54, 1.807) is 23.0 Å². The first-order valence-corrected chi connectivity index (χ1v) is 9.93. The van der Waals surface area contributed by atoms with Crippen molar-refractivity contribution in [2.45, 2.75) is 37.9 Å². The van der Waals surface area contributed by atoms with Crippen molar-refractivity contribution in [3.63, 3.8) is 0 Å². The summed E-state index contributed by atoms with van der Waals surface area (Å²) in [5, 5.41) is 12.6. The monoisotopic (exact) mass is 372 g/mol. The number of rotatable bonds is 4. The minimum Gasteiger partial charge on any atom is -0.267 e. The molecule has 136 valence electrons. The molecule has 26 heavy (non-hydrogen) atoms. The van der Waals surface area contributed by atoms with Crippen molar-refractivity contribution in [3.05, 3.63) is 59.7 Å². The molecule has 1 aliphatic rings. The number of fused-ring (bicyclic) bond motifs is 1. The Balaban J connectivity index is 1.65. The van der Waals surface area contributed by atoms with E-state index in [1.807, 2.05) is 36.0 Å². The maximum Gasteiger partial charge on any atom is 0.243 e. The SMILES string of the molecule is Cc1ccc(S(=O)(=O)N2CCCn3nnc(Cn4cccn4)c3C2)cc1. The fraction of sp³-hybridized carbons (Fsp3) is 0.353. The molecule has 8 nitrogen and oxygen atoms in total. The van der Waals surface area contributed by atoms with E-state index in [0.29, 0.717) is 31.0 Å². The van der Waals surface area contributed by atoms with Crippen molar-refractivity contribution in [1.29, 1.82) is 0 Å². The number of hydrogen-bond acceptors (Lipinski definition) is 5. The minimum atomic E-state index is -3.56. The van der Waals surface area contributed by atoms with Crippen LogP contribution in [0.3, 0.4) is 0 Å². The number of sulfonamides is 1. The fourth-order valence-corrected chi connectivity index (χ4v) is 4.54. The minimum absolute atomic E-state index is 0.264. The maximum absolute atomic E-state index is 13.1. The Morgan fingerprint density at radius 1 is 1.15 bits per heavy atom. The molecule has 0 unspecified atom stereocenters. The molecule has 2 aromatic heterocycles. The molecule has 3 aromatic rings. The van der Waals surface area contributed by atoms with E-state index >= 15 is 0 Å². The van der Waals surface area contributed by atoms with Crippen LogP contribution in [0.4, 0.5) is 0 Å². The van der Waals surface area contributed by atoms with E-state index in [0.717, 1.165) is 17.0 Å². The lowest BCUT2D eigenvalue weighted by molar-refractivity contribution is 0.407. The molecule has 0 saturated heterocycles. The molecular weight excluding hydrogens is 352 g/mol. The van der Waals surface area contributed by atoms with E-state index in [1.165, 1.54) is 4.31 Å². The van der Waals surface area contributed by atoms with Gasteiger partial charge >= 0.3 is 0 Å². The van der Waals surface area contributed by atoms with Crippen LogP contribution < -0.4 is 0 Å². The zero-order valence-electron chi connectivity index (χ0n) is 14.5. The van der Waals surface area contributed by atoms with Crippen LogP contribution in [-0.4, -0.2) is 44.0 Å². The predicted octanol–water partition coefficient (Wildman–Crippen LogP) is 1.43. The van der Waals surface area contributed by atoms with Gasteiger partial charge in [-0.05, 0) is 31.5 Å². The number of aryl methyl sites for hydroxylation is 2. The molecule has 3 heterocycles. The van der Waals surface area contributed by atoms with E-state index < -0.39 is 10.0 Å². The summed E-state index contributed by atoms with van der Waals surface area (Å²) in [7, 11) is -3.56. The predicted molar refractivity (Wildman–Crippen MR) is 94.7 cm³/mol. The molecule has 0 aliphatic carbocycles. The van der Waals surface area contributed by atoms with Crippen LogP contribution in [0.25, 0.3) is 0 Å². The summed E-state index contributed by atoms with van der Waals surface area (Å²) in [5.74, 6) is 0. The van der Waals surface area contributed by atoms with Gasteiger partial charge in [0.25, 0.3) is 0 Å². The summed E-state index contributed by atoms with van der Waals surface area (Å²) in [6.07, 6.45) is 4.25. The molecule has 0 saturated carbocycles. The van der Waals surface area contributed by atoms with Gasteiger partial charge in [-0.1, -0.05) is 22.9 Å². The Hall–Kier alpha value is -2.52. The molecule has 0 fully saturated rings. The molecule has 1 aliphatic heterocycles. The third-order valence-electron chi connectivity index (χ3n) is 4.55. The van der Waals surface area contributed by atoms with Gasteiger partial charge in [-0.15, -0.1) is 5.10 Å². The van der Waals surface area contributed by atoms with Crippen LogP contribution >= 0.6 is 0 Å². The molecule has 9 heteroatoms. The van der Waals surface area contributed by atoms with Crippen LogP contribution in [-0.2, 0) is 29.7 Å². The summed E-state index contributed by atoms with van der Waals surface area (Å²) < 4.78 is 31.2. The largest absolute Gasteiger partial charge is 0.267 e. The van der Waals surface area contributed by atoms with Crippen molar-refractivity contribution in [3.8, 4) is 0 Å². The molecule has 0 spiro atoms. The Bertz CT molecular complexity index is 993. The van der Waals surface area contributed by atoms with Crippen LogP contribution in [0.1, 0.15) is 23.4 Å². The van der Waals surface area contributed by atoms with Crippen molar-refractivity contribution in [2.75, 3.05) is 6.54 Å². The highest BCUT2D eigenvalue weighted by Crippen LogP contribution is 2.23. The van der Waals surface area contributed by atoms with Crippen molar-refractivity contribution in [2.24, 2.45) is 0 Å². The molecule has 0 N–H and O–H groups in total. The van der Waals surface area contributed by atoms with Gasteiger partial charge in [-0.25, -0.2) is 13.1 Å². The molecule has 4 rings (SSSR count). The Labute approximate surface area is 152 Å². The molecular formula is C17H20N6O2S. The second kappa shape index (κ2) is 6.65. The number of benzene rings is 1. The number of hydrogen-bond donors (Lipinski definition) is 0. The first kappa shape index (κ1) is 16.9. The number of nitrogens with zero attached hydrogens (tertiary/aromatic N) is 6. The molecule has 0 radical (unpaired) electrons. The van der Waals surface area contributed by atoms with Gasteiger partial charge in [0.05, 0.1) is 23.7 Å². The highest BCUT2D eigenvalue weighted by molar-refractivity contribution is 7.89. The van der Waals surface area contributed by atoms with E-state index in [4.69, 9.17) is 0 Å². The Kier molecular flexibility index (Phi) is 4.33. The lowest BCUT2D eigenvalue weighted by Gasteiger charge is -2.20. The van der Waals surface area contributed by atoms with Crippen LogP contribution in [0.2, 0.25) is 0 Å². The summed E-state index contributed by atoms with van der Waals surface area (Å²) in [6, 6.07) is 8.81. The van der Waals surface area contributed by atoms with Crippen LogP contribution in [0.15, 0.2) is 47.6 Å². The fourth-order valence-electron chi connectivity index (χ4n) is 3.10. The van der Waals surface area contributed by atoms with Crippen molar-refractivity contribution >= 4 is 10.0 Å². The molecule has 0 atom stereocenters. The Morgan fingerprint density at radius 3 is 2.69 bits per heavy atom. The van der Waals surface area contributed by atoms with E-state index in [9.17, 15) is 8.42 Å². The lowest BCUT2D eigenvalue weighted by atomic mass is 10.2. The number of aromatic nitrogens is 5. The van der Waals surface area contributed by atoms with Crippen molar-refractivity contribution in [1.82, 2.24) is 29.1 Å². The van der Waals surface area contributed by atoms with Gasteiger partial charge < -0.3 is 0 Å². The van der Waals surface area contributed by atoms with Gasteiger partial charge in [0, 0.05) is 25.5 Å². The first-order chi connectivity index (χ1) is 12.5. The highest BCUT2D eigenvalue weighted by atomic mass is 32.2. The quantitative estimate of drug-likeness (QED) is 0.691. The lowest BCUT2D eigenvalue weighted by Crippen LogP contribution is -2.31. The summed E-state index contributed by atoms with van der Waals surface area (Å²) in [6.45, 7) is 3.79. The second-order valence-electron chi connectivity index (χ2n) is 6.41. The van der Waals surface area contributed by atoms with Crippen LogP contribution in [0, 0.1) is 6.92 Å². The first-order valence-electron chi connectivity index (χ1n) is 8.49. The van der Waals surface area contributed by atoms with Gasteiger partial charge in [0.2, 0.25) is 10.0 Å². The standard InChI is InChI=1S/C17H20N6O2S/c1-14-4-6-15(7-5-14)26(24,25)22-10-3-11-23-17(13-22)16(19-20-23)12-21-9-2-8-18-21/h2,4-9H,3,10-13H2,1H3. The topological polar surface area (TPSA) is 85.9 Å². The van der Waals surface area contributed by atoms with Crippen molar-refractivity contribution < 1.29 is 8.42 Å². The average molecular weight is 372 g/mol. The third kappa shape index (κ3) is 3.15. The van der Waals surface area contributed by atoms with Crippen LogP contribution in [0.5, 0.6) is 0 Å². The van der Waals surface area contributed by atoms with Gasteiger partial charge in [0.1, 0.15) is 5.69 Å².